The van der Waals surface area contributed by atoms with E-state index in [1.54, 1.807) is 11.3 Å². The predicted molar refractivity (Wildman–Crippen MR) is 72.6 cm³/mol. The van der Waals surface area contributed by atoms with Crippen LogP contribution in [0, 0.1) is 13.8 Å². The Morgan fingerprint density at radius 2 is 2.06 bits per heavy atom. The fourth-order valence-corrected chi connectivity index (χ4v) is 2.78. The van der Waals surface area contributed by atoms with E-state index in [1.807, 2.05) is 0 Å². The van der Waals surface area contributed by atoms with Gasteiger partial charge in [0.1, 0.15) is 0 Å². The Labute approximate surface area is 106 Å². The third-order valence-corrected chi connectivity index (χ3v) is 3.94. The van der Waals surface area contributed by atoms with Gasteiger partial charge < -0.3 is 5.32 Å². The van der Waals surface area contributed by atoms with Gasteiger partial charge in [-0.1, -0.05) is 0 Å². The molecule has 92 valence electrons. The van der Waals surface area contributed by atoms with E-state index in [0.29, 0.717) is 0 Å². The Kier molecular flexibility index (Phi) is 3.47. The molecule has 0 atom stereocenters. The number of hydrogen-bond acceptors (Lipinski definition) is 4. The van der Waals surface area contributed by atoms with Gasteiger partial charge in [0.05, 0.1) is 4.88 Å². The largest absolute Gasteiger partial charge is 0.355 e. The Hall–Kier alpha value is -1.36. The summed E-state index contributed by atoms with van der Waals surface area (Å²) in [6, 6.07) is 2.19. The number of rotatable bonds is 4. The van der Waals surface area contributed by atoms with Crippen LogP contribution in [0.15, 0.2) is 6.07 Å². The molecule has 0 fully saturated rings. The first-order valence-corrected chi connectivity index (χ1v) is 6.73. The highest BCUT2D eigenvalue weighted by molar-refractivity contribution is 7.15. The van der Waals surface area contributed by atoms with Crippen molar-refractivity contribution in [3.05, 3.63) is 16.5 Å². The summed E-state index contributed by atoms with van der Waals surface area (Å²) in [6.07, 6.45) is 0. The molecule has 0 aliphatic carbocycles. The smallest absolute Gasteiger partial charge is 0.224 e. The number of anilines is 1. The normalized spacial score (nSPS) is 10.8. The van der Waals surface area contributed by atoms with Crippen LogP contribution in [0.1, 0.15) is 24.3 Å². The quantitative estimate of drug-likeness (QED) is 0.906. The molecule has 0 saturated carbocycles. The molecule has 0 aromatic carbocycles. The van der Waals surface area contributed by atoms with Crippen LogP contribution in [0.3, 0.4) is 0 Å². The van der Waals surface area contributed by atoms with Crippen molar-refractivity contribution in [3.63, 3.8) is 0 Å². The van der Waals surface area contributed by atoms with E-state index in [1.165, 1.54) is 15.3 Å². The van der Waals surface area contributed by atoms with Crippen molar-refractivity contribution in [2.75, 3.05) is 11.9 Å². The van der Waals surface area contributed by atoms with Gasteiger partial charge in [-0.05, 0) is 39.3 Å². The second kappa shape index (κ2) is 4.87. The molecule has 2 aromatic rings. The molecule has 17 heavy (non-hydrogen) atoms. The maximum atomic E-state index is 4.29. The van der Waals surface area contributed by atoms with Crippen LogP contribution in [0.2, 0.25) is 0 Å². The summed E-state index contributed by atoms with van der Waals surface area (Å²) >= 11 is 1.78. The van der Waals surface area contributed by atoms with Gasteiger partial charge in [0, 0.05) is 18.0 Å². The third-order valence-electron chi connectivity index (χ3n) is 2.79. The molecule has 0 amide bonds. The average molecular weight is 250 g/mol. The lowest BCUT2D eigenvalue weighted by molar-refractivity contribution is 0.771. The van der Waals surface area contributed by atoms with Crippen LogP contribution >= 0.6 is 11.3 Å². The van der Waals surface area contributed by atoms with Crippen LogP contribution in [-0.4, -0.2) is 21.3 Å². The summed E-state index contributed by atoms with van der Waals surface area (Å²) in [5.41, 5.74) is 1.32. The molecule has 0 unspecified atom stereocenters. The zero-order valence-electron chi connectivity index (χ0n) is 10.7. The highest BCUT2D eigenvalue weighted by Crippen LogP contribution is 2.30. The topological polar surface area (TPSA) is 42.7 Å². The monoisotopic (exact) mass is 250 g/mol. The van der Waals surface area contributed by atoms with Crippen molar-refractivity contribution < 1.29 is 0 Å². The second-order valence-corrected chi connectivity index (χ2v) is 5.23. The van der Waals surface area contributed by atoms with E-state index in [9.17, 15) is 0 Å². The van der Waals surface area contributed by atoms with Crippen molar-refractivity contribution in [2.24, 2.45) is 0 Å². The first kappa shape index (κ1) is 12.1. The molecule has 0 saturated heterocycles. The van der Waals surface area contributed by atoms with Crippen LogP contribution in [0.5, 0.6) is 0 Å². The third kappa shape index (κ3) is 2.20. The van der Waals surface area contributed by atoms with E-state index in [0.717, 1.165) is 24.9 Å². The summed E-state index contributed by atoms with van der Waals surface area (Å²) in [6.45, 7) is 10.2. The Morgan fingerprint density at radius 1 is 1.29 bits per heavy atom. The maximum Gasteiger partial charge on any atom is 0.224 e. The van der Waals surface area contributed by atoms with Gasteiger partial charge in [-0.3, -0.25) is 4.57 Å². The molecule has 5 heteroatoms. The minimum atomic E-state index is 0.855. The van der Waals surface area contributed by atoms with Crippen LogP contribution < -0.4 is 5.32 Å². The molecule has 0 bridgehead atoms. The second-order valence-electron chi connectivity index (χ2n) is 3.97. The lowest BCUT2D eigenvalue weighted by Gasteiger charge is -2.06. The minimum absolute atomic E-state index is 0.855. The predicted octanol–water partition coefficient (Wildman–Crippen LogP) is 3.08. The molecule has 0 spiro atoms. The van der Waals surface area contributed by atoms with Crippen LogP contribution in [0.4, 0.5) is 5.95 Å². The standard InChI is InChI=1S/C12H18N4S/c1-5-13-12-15-14-11(16(12)6-2)10-7-8(3)9(4)17-10/h7H,5-6H2,1-4H3,(H,13,15). The zero-order chi connectivity index (χ0) is 12.4. The van der Waals surface area contributed by atoms with Gasteiger partial charge in [-0.25, -0.2) is 0 Å². The highest BCUT2D eigenvalue weighted by atomic mass is 32.1. The van der Waals surface area contributed by atoms with Gasteiger partial charge in [0.25, 0.3) is 0 Å². The van der Waals surface area contributed by atoms with E-state index >= 15 is 0 Å². The lowest BCUT2D eigenvalue weighted by Crippen LogP contribution is -2.06. The molecule has 2 aromatic heterocycles. The van der Waals surface area contributed by atoms with Crippen molar-refractivity contribution in [1.82, 2.24) is 14.8 Å². The van der Waals surface area contributed by atoms with Crippen molar-refractivity contribution in [2.45, 2.75) is 34.2 Å². The zero-order valence-corrected chi connectivity index (χ0v) is 11.6. The van der Waals surface area contributed by atoms with E-state index in [4.69, 9.17) is 0 Å². The van der Waals surface area contributed by atoms with Crippen molar-refractivity contribution in [3.8, 4) is 10.7 Å². The first-order chi connectivity index (χ1) is 8.17. The number of nitrogens with one attached hydrogen (secondary N) is 1. The number of nitrogens with zero attached hydrogens (tertiary/aromatic N) is 3. The number of aryl methyl sites for hydroxylation is 2. The molecule has 0 aliphatic heterocycles. The van der Waals surface area contributed by atoms with Crippen molar-refractivity contribution >= 4 is 17.3 Å². The number of hydrogen-bond donors (Lipinski definition) is 1. The first-order valence-electron chi connectivity index (χ1n) is 5.91. The molecule has 0 aliphatic rings. The van der Waals surface area contributed by atoms with Gasteiger partial charge in [-0.2, -0.15) is 0 Å². The summed E-state index contributed by atoms with van der Waals surface area (Å²) in [5, 5.41) is 11.7. The molecule has 2 rings (SSSR count). The molecular weight excluding hydrogens is 232 g/mol. The Morgan fingerprint density at radius 3 is 2.59 bits per heavy atom. The number of aromatic nitrogens is 3. The Balaban J connectivity index is 2.44. The van der Waals surface area contributed by atoms with Crippen LogP contribution in [0.25, 0.3) is 10.7 Å². The fraction of sp³-hybridized carbons (Fsp3) is 0.500. The van der Waals surface area contributed by atoms with Gasteiger partial charge in [-0.15, -0.1) is 21.5 Å². The van der Waals surface area contributed by atoms with Gasteiger partial charge in [0.2, 0.25) is 5.95 Å². The average Bonchev–Trinajstić information content (AvgIpc) is 2.84. The van der Waals surface area contributed by atoms with Crippen LogP contribution in [-0.2, 0) is 6.54 Å². The summed E-state index contributed by atoms with van der Waals surface area (Å²) in [7, 11) is 0. The molecule has 1 N–H and O–H groups in total. The molecule has 4 nitrogen and oxygen atoms in total. The SMILES string of the molecule is CCNc1nnc(-c2cc(C)c(C)s2)n1CC. The van der Waals surface area contributed by atoms with E-state index in [-0.39, 0.29) is 0 Å². The summed E-state index contributed by atoms with van der Waals surface area (Å²) in [5.74, 6) is 1.82. The maximum absolute atomic E-state index is 4.29. The van der Waals surface area contributed by atoms with Crippen molar-refractivity contribution in [1.29, 1.82) is 0 Å². The molecule has 2 heterocycles. The lowest BCUT2D eigenvalue weighted by atomic mass is 10.3. The number of thiophene rings is 1. The fourth-order valence-electron chi connectivity index (χ4n) is 1.76. The van der Waals surface area contributed by atoms with E-state index in [2.05, 4.69) is 53.8 Å². The Bertz CT molecular complexity index is 493. The van der Waals surface area contributed by atoms with E-state index < -0.39 is 0 Å². The molecular formula is C12H18N4S. The van der Waals surface area contributed by atoms with Gasteiger partial charge >= 0.3 is 0 Å². The molecule has 0 radical (unpaired) electrons. The summed E-state index contributed by atoms with van der Waals surface area (Å²) < 4.78 is 2.12. The van der Waals surface area contributed by atoms with Gasteiger partial charge in [0.15, 0.2) is 5.82 Å². The minimum Gasteiger partial charge on any atom is -0.355 e. The highest BCUT2D eigenvalue weighted by Gasteiger charge is 2.14. The summed E-state index contributed by atoms with van der Waals surface area (Å²) in [4.78, 5) is 2.54.